The van der Waals surface area contributed by atoms with Crippen molar-refractivity contribution in [3.05, 3.63) is 71.0 Å². The molecule has 58 heavy (non-hydrogen) atoms. The third-order valence-corrected chi connectivity index (χ3v) is 13.1. The molecule has 0 radical (unpaired) electrons. The topological polar surface area (TPSA) is 199 Å². The summed E-state index contributed by atoms with van der Waals surface area (Å²) in [5, 5.41) is 38.5. The molecule has 2 fully saturated rings. The van der Waals surface area contributed by atoms with E-state index in [0.717, 1.165) is 65.0 Å². The van der Waals surface area contributed by atoms with E-state index in [0.29, 0.717) is 35.7 Å². The van der Waals surface area contributed by atoms with Gasteiger partial charge < -0.3 is 59.6 Å². The van der Waals surface area contributed by atoms with Gasteiger partial charge in [-0.2, -0.15) is 0 Å². The third kappa shape index (κ3) is 8.25. The molecule has 4 aliphatic rings. The van der Waals surface area contributed by atoms with Crippen LogP contribution in [0.1, 0.15) is 74.6 Å². The number of carbonyl (C=O) groups is 4. The lowest BCUT2D eigenvalue weighted by atomic mass is 9.72. The Balaban J connectivity index is 0.000000160. The van der Waals surface area contributed by atoms with Crippen LogP contribution in [0.15, 0.2) is 48.8 Å². The summed E-state index contributed by atoms with van der Waals surface area (Å²) in [4.78, 5) is 60.8. The van der Waals surface area contributed by atoms with E-state index >= 15 is 0 Å². The minimum Gasteiger partial charge on any atom is -0.547 e. The van der Waals surface area contributed by atoms with Crippen molar-refractivity contribution in [1.82, 2.24) is 29.6 Å². The lowest BCUT2D eigenvalue weighted by Crippen LogP contribution is -2.52. The second-order valence-corrected chi connectivity index (χ2v) is 16.2. The molecule has 0 saturated carbocycles. The minimum absolute atomic E-state index is 0.117. The Hall–Kier alpha value is -4.76. The van der Waals surface area contributed by atoms with Crippen molar-refractivity contribution in [2.45, 2.75) is 89.5 Å². The molecule has 2 aliphatic heterocycles. The fourth-order valence-corrected chi connectivity index (χ4v) is 10.1. The Labute approximate surface area is 339 Å². The fourth-order valence-electron chi connectivity index (χ4n) is 10.1. The number of piperidine rings is 2. The first-order valence-electron chi connectivity index (χ1n) is 20.7. The fraction of sp³-hybridized carbons (Fsp3) is 0.545. The van der Waals surface area contributed by atoms with Crippen LogP contribution in [-0.2, 0) is 32.0 Å². The van der Waals surface area contributed by atoms with Gasteiger partial charge in [-0.1, -0.05) is 24.3 Å². The number of carboxylic acid groups (broad SMARTS) is 2. The highest BCUT2D eigenvalue weighted by Crippen LogP contribution is 2.46. The normalized spacial score (nSPS) is 24.6. The van der Waals surface area contributed by atoms with Crippen LogP contribution in [0.2, 0.25) is 0 Å². The number of amides is 2. The van der Waals surface area contributed by atoms with Crippen molar-refractivity contribution in [1.29, 1.82) is 0 Å². The molecule has 14 heteroatoms. The van der Waals surface area contributed by atoms with Crippen LogP contribution in [0, 0.1) is 11.8 Å². The first-order chi connectivity index (χ1) is 27.7. The molecule has 2 aromatic carbocycles. The van der Waals surface area contributed by atoms with Gasteiger partial charge in [0.05, 0.1) is 23.8 Å². The van der Waals surface area contributed by atoms with Crippen molar-refractivity contribution < 1.29 is 39.6 Å². The molecule has 4 heterocycles. The monoisotopic (exact) mass is 798 g/mol. The Morgan fingerprint density at radius 2 is 1.03 bits per heavy atom. The maximum Gasteiger partial charge on any atom is 0.226 e. The second-order valence-electron chi connectivity index (χ2n) is 16.2. The number of aliphatic carboxylic acids is 2. The van der Waals surface area contributed by atoms with Crippen molar-refractivity contribution >= 4 is 45.6 Å². The number of hydrogen-bond donors (Lipinski definition) is 4. The molecule has 4 N–H and O–H groups in total. The summed E-state index contributed by atoms with van der Waals surface area (Å²) in [6, 6.07) is 14.2. The Morgan fingerprint density at radius 3 is 1.36 bits per heavy atom. The molecule has 8 atom stereocenters. The first kappa shape index (κ1) is 42.8. The average Bonchev–Trinajstić information content (AvgIpc) is 3.84. The lowest BCUT2D eigenvalue weighted by molar-refractivity contribution is -0.333. The average molecular weight is 799 g/mol. The predicted octanol–water partition coefficient (Wildman–Crippen LogP) is 1.20. The van der Waals surface area contributed by atoms with Crippen molar-refractivity contribution in [2.24, 2.45) is 11.8 Å². The van der Waals surface area contributed by atoms with Crippen LogP contribution in [0.25, 0.3) is 21.8 Å². The first-order valence-corrected chi connectivity index (χ1v) is 20.7. The number of nitrogens with zero attached hydrogens (tertiary/aromatic N) is 4. The van der Waals surface area contributed by atoms with Gasteiger partial charge in [-0.05, 0) is 102 Å². The summed E-state index contributed by atoms with van der Waals surface area (Å²) in [6.07, 6.45) is 3.60. The van der Waals surface area contributed by atoms with E-state index in [4.69, 9.17) is 10.2 Å². The van der Waals surface area contributed by atoms with Crippen LogP contribution in [0.3, 0.4) is 0 Å². The van der Waals surface area contributed by atoms with E-state index in [1.54, 1.807) is 0 Å². The zero-order valence-corrected chi connectivity index (χ0v) is 34.4. The van der Waals surface area contributed by atoms with E-state index in [1.807, 2.05) is 9.80 Å². The number of aromatic nitrogens is 2. The van der Waals surface area contributed by atoms with Crippen LogP contribution in [0.4, 0.5) is 0 Å². The second kappa shape index (κ2) is 18.0. The van der Waals surface area contributed by atoms with E-state index in [-0.39, 0.29) is 11.8 Å². The van der Waals surface area contributed by atoms with Crippen molar-refractivity contribution in [3.63, 3.8) is 0 Å². The van der Waals surface area contributed by atoms with Crippen LogP contribution in [0.5, 0.6) is 0 Å². The summed E-state index contributed by atoms with van der Waals surface area (Å²) in [7, 11) is 4.38. The summed E-state index contributed by atoms with van der Waals surface area (Å²) in [5.74, 6) is -2.30. The highest BCUT2D eigenvalue weighted by Gasteiger charge is 2.43. The third-order valence-electron chi connectivity index (χ3n) is 13.1. The molecule has 2 aromatic heterocycles. The van der Waals surface area contributed by atoms with Gasteiger partial charge in [-0.25, -0.2) is 0 Å². The number of H-pyrrole nitrogens is 2. The zero-order valence-electron chi connectivity index (χ0n) is 34.4. The summed E-state index contributed by atoms with van der Waals surface area (Å²) in [6.45, 7) is 13.3. The number of hydrogen-bond acceptors (Lipinski definition) is 10. The number of aliphatic hydroxyl groups is 2. The van der Waals surface area contributed by atoms with Crippen LogP contribution < -0.4 is 10.2 Å². The quantitative estimate of drug-likeness (QED) is 0.191. The number of likely N-dealkylation sites (tertiary alicyclic amines) is 2. The van der Waals surface area contributed by atoms with Gasteiger partial charge in [-0.3, -0.25) is 9.59 Å². The maximum atomic E-state index is 12.9. The molecule has 6 unspecified atom stereocenters. The van der Waals surface area contributed by atoms with Crippen molar-refractivity contribution in [3.8, 4) is 0 Å². The standard InChI is InChI=1S/2C20H27N3O.C4H6O6/c2*1-4-23(5-2)20(24)14-9-16-15-7-6-8-17-19(15)13(11-21-17)10-18(16)22(3)12-14;5-1(3(7)8)2(6)4(9)10/h2*6-8,11,14,16,18,21H,4-5,9-10,12H2,1-3H3;1-2,5-6H,(H,7,8)(H,9,10)/p-2/t2*14?,16?,18-;/m11./s1. The zero-order chi connectivity index (χ0) is 42.0. The van der Waals surface area contributed by atoms with E-state index in [9.17, 15) is 29.4 Å². The van der Waals surface area contributed by atoms with Gasteiger partial charge in [0.15, 0.2) is 0 Å². The summed E-state index contributed by atoms with van der Waals surface area (Å²) in [5.41, 5.74) is 8.21. The summed E-state index contributed by atoms with van der Waals surface area (Å²) >= 11 is 0. The number of likely N-dealkylation sites (N-methyl/N-ethyl adjacent to an activating group) is 2. The number of benzene rings is 2. The molecule has 8 rings (SSSR count). The number of carbonyl (C=O) groups excluding carboxylic acids is 4. The minimum atomic E-state index is -2.44. The van der Waals surface area contributed by atoms with Crippen molar-refractivity contribution in [2.75, 3.05) is 53.4 Å². The molecule has 0 bridgehead atoms. The number of carboxylic acids is 2. The Bertz CT molecular complexity index is 1960. The van der Waals surface area contributed by atoms with Crippen LogP contribution >= 0.6 is 0 Å². The highest BCUT2D eigenvalue weighted by atomic mass is 16.4. The Kier molecular flexibility index (Phi) is 13.3. The van der Waals surface area contributed by atoms with Gasteiger partial charge in [0.1, 0.15) is 12.2 Å². The van der Waals surface area contributed by atoms with Crippen LogP contribution in [-0.4, -0.2) is 141 Å². The molecule has 4 aromatic rings. The number of rotatable bonds is 9. The Morgan fingerprint density at radius 1 is 0.672 bits per heavy atom. The smallest absolute Gasteiger partial charge is 0.226 e. The van der Waals surface area contributed by atoms with Gasteiger partial charge in [0, 0.05) is 97.4 Å². The van der Waals surface area contributed by atoms with Gasteiger partial charge in [0.25, 0.3) is 0 Å². The van der Waals surface area contributed by atoms with Gasteiger partial charge >= 0.3 is 0 Å². The lowest BCUT2D eigenvalue weighted by Gasteiger charge is -2.45. The molecule has 314 valence electrons. The maximum absolute atomic E-state index is 12.9. The molecular weight excluding hydrogens is 741 g/mol. The summed E-state index contributed by atoms with van der Waals surface area (Å²) < 4.78 is 0. The predicted molar refractivity (Wildman–Crippen MR) is 216 cm³/mol. The number of nitrogens with one attached hydrogen (secondary N) is 2. The molecular formula is C44H58N6O8-2. The van der Waals surface area contributed by atoms with E-state index in [2.05, 4.69) is 110 Å². The molecule has 0 spiro atoms. The van der Waals surface area contributed by atoms with Gasteiger partial charge in [0.2, 0.25) is 11.8 Å². The SMILES string of the molecule is CCN(CC)C(=O)C1CC2c3cccc4[nH]cc(c34)C[C@H]2N(C)C1.CCN(CC)C(=O)C1CC2c3cccc4[nH]cc(c34)C[C@H]2N(C)C1.O=C([O-])C(O)C(O)C(=O)[O-]. The molecule has 14 nitrogen and oxygen atoms in total. The largest absolute Gasteiger partial charge is 0.547 e. The molecule has 2 aliphatic carbocycles. The molecule has 2 amide bonds. The van der Waals surface area contributed by atoms with E-state index < -0.39 is 24.1 Å². The number of aromatic amines is 2. The highest BCUT2D eigenvalue weighted by molar-refractivity contribution is 5.90. The number of aliphatic hydroxyl groups excluding tert-OH is 2. The van der Waals surface area contributed by atoms with Gasteiger partial charge in [-0.15, -0.1) is 0 Å². The van der Waals surface area contributed by atoms with E-state index in [1.165, 1.54) is 44.1 Å². The molecule has 2 saturated heterocycles. The number of fused-ring (bicyclic) bond motifs is 4.